The van der Waals surface area contributed by atoms with E-state index in [1.807, 2.05) is 0 Å². The SMILES string of the molecule is CN(Cc1ncn[nH]1)C(=O)c1cc(Cl)c2c(c1)OCCO2. The first-order valence-electron chi connectivity index (χ1n) is 6.34. The van der Waals surface area contributed by atoms with Crippen LogP contribution in [0.15, 0.2) is 18.5 Å². The number of aromatic nitrogens is 3. The predicted octanol–water partition coefficient (Wildman–Crippen LogP) is 1.50. The number of rotatable bonds is 3. The van der Waals surface area contributed by atoms with Gasteiger partial charge in [0.15, 0.2) is 11.5 Å². The predicted molar refractivity (Wildman–Crippen MR) is 74.6 cm³/mol. The van der Waals surface area contributed by atoms with Crippen LogP contribution in [0.1, 0.15) is 16.2 Å². The Labute approximate surface area is 125 Å². The number of carbonyl (C=O) groups is 1. The van der Waals surface area contributed by atoms with Crippen LogP contribution in [0.25, 0.3) is 0 Å². The van der Waals surface area contributed by atoms with Gasteiger partial charge >= 0.3 is 0 Å². The molecule has 0 saturated carbocycles. The number of hydrogen-bond donors (Lipinski definition) is 1. The van der Waals surface area contributed by atoms with Crippen molar-refractivity contribution in [3.05, 3.63) is 34.9 Å². The lowest BCUT2D eigenvalue weighted by Crippen LogP contribution is -2.27. The molecule has 0 spiro atoms. The van der Waals surface area contributed by atoms with Crippen LogP contribution >= 0.6 is 11.6 Å². The zero-order valence-corrected chi connectivity index (χ0v) is 12.1. The van der Waals surface area contributed by atoms with Crippen molar-refractivity contribution in [2.75, 3.05) is 20.3 Å². The Morgan fingerprint density at radius 1 is 1.43 bits per heavy atom. The number of aromatic amines is 1. The maximum absolute atomic E-state index is 12.4. The van der Waals surface area contributed by atoms with E-state index in [2.05, 4.69) is 15.2 Å². The number of hydrogen-bond acceptors (Lipinski definition) is 5. The molecule has 7 nitrogen and oxygen atoms in total. The molecule has 1 aliphatic heterocycles. The highest BCUT2D eigenvalue weighted by Gasteiger charge is 2.21. The molecule has 21 heavy (non-hydrogen) atoms. The summed E-state index contributed by atoms with van der Waals surface area (Å²) in [5.74, 6) is 1.39. The smallest absolute Gasteiger partial charge is 0.254 e. The van der Waals surface area contributed by atoms with Gasteiger partial charge in [0.05, 0.1) is 11.6 Å². The van der Waals surface area contributed by atoms with Gasteiger partial charge in [0, 0.05) is 12.6 Å². The average molecular weight is 309 g/mol. The number of halogens is 1. The summed E-state index contributed by atoms with van der Waals surface area (Å²) >= 11 is 6.13. The van der Waals surface area contributed by atoms with Crippen molar-refractivity contribution in [3.63, 3.8) is 0 Å². The average Bonchev–Trinajstić information content (AvgIpc) is 2.99. The van der Waals surface area contributed by atoms with E-state index in [9.17, 15) is 4.79 Å². The Kier molecular flexibility index (Phi) is 3.66. The van der Waals surface area contributed by atoms with Crippen LogP contribution in [-0.4, -0.2) is 46.2 Å². The number of carbonyl (C=O) groups excluding carboxylic acids is 1. The van der Waals surface area contributed by atoms with Crippen molar-refractivity contribution in [1.29, 1.82) is 0 Å². The second-order valence-electron chi connectivity index (χ2n) is 4.58. The molecule has 1 aliphatic rings. The monoisotopic (exact) mass is 308 g/mol. The van der Waals surface area contributed by atoms with E-state index in [1.165, 1.54) is 11.2 Å². The number of benzene rings is 1. The quantitative estimate of drug-likeness (QED) is 0.929. The van der Waals surface area contributed by atoms with Gasteiger partial charge < -0.3 is 14.4 Å². The maximum Gasteiger partial charge on any atom is 0.254 e. The fourth-order valence-electron chi connectivity index (χ4n) is 2.06. The summed E-state index contributed by atoms with van der Waals surface area (Å²) in [6.45, 7) is 1.21. The minimum atomic E-state index is -0.190. The standard InChI is InChI=1S/C13H13ClN4O3/c1-18(6-11-15-7-16-17-11)13(19)8-4-9(14)12-10(5-8)20-2-3-21-12/h4-5,7H,2-3,6H2,1H3,(H,15,16,17). The van der Waals surface area contributed by atoms with Crippen molar-refractivity contribution >= 4 is 17.5 Å². The summed E-state index contributed by atoms with van der Waals surface area (Å²) in [4.78, 5) is 17.9. The molecular formula is C13H13ClN4O3. The molecule has 1 amide bonds. The third kappa shape index (κ3) is 2.78. The topological polar surface area (TPSA) is 80.3 Å². The van der Waals surface area contributed by atoms with E-state index in [1.54, 1.807) is 19.2 Å². The summed E-state index contributed by atoms with van der Waals surface area (Å²) in [5, 5.41) is 6.82. The van der Waals surface area contributed by atoms with E-state index in [-0.39, 0.29) is 5.91 Å². The molecule has 1 N–H and O–H groups in total. The second kappa shape index (κ2) is 5.61. The number of H-pyrrole nitrogens is 1. The molecule has 110 valence electrons. The number of nitrogens with zero attached hydrogens (tertiary/aromatic N) is 3. The van der Waals surface area contributed by atoms with Crippen molar-refractivity contribution < 1.29 is 14.3 Å². The van der Waals surface area contributed by atoms with Gasteiger partial charge in [-0.2, -0.15) is 5.10 Å². The maximum atomic E-state index is 12.4. The molecule has 0 aliphatic carbocycles. The highest BCUT2D eigenvalue weighted by molar-refractivity contribution is 6.32. The van der Waals surface area contributed by atoms with Crippen LogP contribution in [0.4, 0.5) is 0 Å². The molecule has 0 saturated heterocycles. The van der Waals surface area contributed by atoms with Crippen LogP contribution in [-0.2, 0) is 6.54 Å². The number of ether oxygens (including phenoxy) is 2. The minimum absolute atomic E-state index is 0.190. The summed E-state index contributed by atoms with van der Waals surface area (Å²) in [5.41, 5.74) is 0.436. The Morgan fingerprint density at radius 2 is 2.24 bits per heavy atom. The third-order valence-electron chi connectivity index (χ3n) is 3.04. The molecular weight excluding hydrogens is 296 g/mol. The van der Waals surface area contributed by atoms with Crippen molar-refractivity contribution in [3.8, 4) is 11.5 Å². The van der Waals surface area contributed by atoms with Gasteiger partial charge in [0.1, 0.15) is 25.4 Å². The summed E-state index contributed by atoms with van der Waals surface area (Å²) in [7, 11) is 1.68. The summed E-state index contributed by atoms with van der Waals surface area (Å²) in [6, 6.07) is 3.22. The lowest BCUT2D eigenvalue weighted by Gasteiger charge is -2.21. The van der Waals surface area contributed by atoms with Gasteiger partial charge in [-0.05, 0) is 12.1 Å². The van der Waals surface area contributed by atoms with Gasteiger partial charge in [0.2, 0.25) is 0 Å². The molecule has 1 aromatic heterocycles. The Hall–Kier alpha value is -2.28. The molecule has 0 radical (unpaired) electrons. The zero-order valence-electron chi connectivity index (χ0n) is 11.3. The van der Waals surface area contributed by atoms with Gasteiger partial charge in [-0.1, -0.05) is 11.6 Å². The van der Waals surface area contributed by atoms with E-state index in [0.29, 0.717) is 47.7 Å². The number of fused-ring (bicyclic) bond motifs is 1. The summed E-state index contributed by atoms with van der Waals surface area (Å²) < 4.78 is 10.9. The minimum Gasteiger partial charge on any atom is -0.486 e. The van der Waals surface area contributed by atoms with E-state index in [4.69, 9.17) is 21.1 Å². The van der Waals surface area contributed by atoms with Crippen LogP contribution in [0.3, 0.4) is 0 Å². The first-order valence-corrected chi connectivity index (χ1v) is 6.72. The fraction of sp³-hybridized carbons (Fsp3) is 0.308. The van der Waals surface area contributed by atoms with Crippen molar-refractivity contribution in [2.24, 2.45) is 0 Å². The van der Waals surface area contributed by atoms with Gasteiger partial charge in [0.25, 0.3) is 5.91 Å². The largest absolute Gasteiger partial charge is 0.486 e. The van der Waals surface area contributed by atoms with E-state index < -0.39 is 0 Å². The highest BCUT2D eigenvalue weighted by Crippen LogP contribution is 2.38. The number of nitrogens with one attached hydrogen (secondary N) is 1. The molecule has 0 atom stereocenters. The highest BCUT2D eigenvalue weighted by atomic mass is 35.5. The molecule has 8 heteroatoms. The fourth-order valence-corrected chi connectivity index (χ4v) is 2.32. The van der Waals surface area contributed by atoms with Gasteiger partial charge in [-0.3, -0.25) is 9.89 Å². The van der Waals surface area contributed by atoms with Gasteiger partial charge in [-0.25, -0.2) is 4.98 Å². The number of amides is 1. The van der Waals surface area contributed by atoms with E-state index >= 15 is 0 Å². The Morgan fingerprint density at radius 3 is 3.00 bits per heavy atom. The molecule has 1 aromatic carbocycles. The molecule has 3 rings (SSSR count). The Bertz CT molecular complexity index is 660. The first-order chi connectivity index (χ1) is 10.1. The molecule has 0 unspecified atom stereocenters. The second-order valence-corrected chi connectivity index (χ2v) is 4.98. The van der Waals surface area contributed by atoms with Crippen LogP contribution in [0.2, 0.25) is 5.02 Å². The molecule has 2 heterocycles. The molecule has 2 aromatic rings. The normalized spacial score (nSPS) is 13.0. The first kappa shape index (κ1) is 13.7. The lowest BCUT2D eigenvalue weighted by molar-refractivity contribution is 0.0780. The van der Waals surface area contributed by atoms with Crippen LogP contribution in [0, 0.1) is 0 Å². The molecule has 0 bridgehead atoms. The lowest BCUT2D eigenvalue weighted by atomic mass is 10.1. The van der Waals surface area contributed by atoms with Crippen LogP contribution < -0.4 is 9.47 Å². The molecule has 0 fully saturated rings. The van der Waals surface area contributed by atoms with Gasteiger partial charge in [-0.15, -0.1) is 0 Å². The van der Waals surface area contributed by atoms with Crippen molar-refractivity contribution in [2.45, 2.75) is 6.54 Å². The van der Waals surface area contributed by atoms with Crippen molar-refractivity contribution in [1.82, 2.24) is 20.1 Å². The third-order valence-corrected chi connectivity index (χ3v) is 3.32. The van der Waals surface area contributed by atoms with Crippen LogP contribution in [0.5, 0.6) is 11.5 Å². The van der Waals surface area contributed by atoms with E-state index in [0.717, 1.165) is 0 Å². The zero-order chi connectivity index (χ0) is 14.8. The summed E-state index contributed by atoms with van der Waals surface area (Å²) in [6.07, 6.45) is 1.40. The Balaban J connectivity index is 1.82.